The fourth-order valence-electron chi connectivity index (χ4n) is 0.313. The lowest BCUT2D eigenvalue weighted by molar-refractivity contribution is -0.307. The van der Waals surface area contributed by atoms with E-state index in [2.05, 4.69) is 5.73 Å². The molecule has 0 aromatic heterocycles. The number of carboxylic acid groups (broad SMARTS) is 1. The number of carbonyl (C=O) groups excluding carboxylic acids is 1. The number of carbonyl (C=O) groups is 1. The van der Waals surface area contributed by atoms with Crippen molar-refractivity contribution in [2.45, 2.75) is 17.6 Å². The highest BCUT2D eigenvalue weighted by molar-refractivity contribution is 6.29. The Morgan fingerprint density at radius 3 is 2.00 bits per heavy atom. The number of rotatable bonds is 2. The van der Waals surface area contributed by atoms with E-state index in [-0.39, 0.29) is 0 Å². The molecule has 0 rings (SSSR count). The Morgan fingerprint density at radius 1 is 1.55 bits per heavy atom. The van der Waals surface area contributed by atoms with E-state index in [1.165, 1.54) is 0 Å². The number of halogens is 4. The van der Waals surface area contributed by atoms with E-state index >= 15 is 0 Å². The molecular weight excluding hydrogens is 186 g/mol. The van der Waals surface area contributed by atoms with Crippen molar-refractivity contribution in [3.63, 3.8) is 0 Å². The maximum atomic E-state index is 11.6. The first kappa shape index (κ1) is 10.5. The van der Waals surface area contributed by atoms with Crippen molar-refractivity contribution >= 4 is 17.6 Å². The SMILES string of the molecule is N[C@@H]([C@@H](Cl)C(=O)[O-])C(F)(F)F. The molecule has 11 heavy (non-hydrogen) atoms. The molecule has 0 unspecified atom stereocenters. The number of nitrogens with two attached hydrogens (primary N) is 1. The van der Waals surface area contributed by atoms with Crippen LogP contribution in [0.1, 0.15) is 0 Å². The summed E-state index contributed by atoms with van der Waals surface area (Å²) in [4.78, 5) is 9.76. The molecule has 0 amide bonds. The molecule has 2 atom stereocenters. The first-order valence-corrected chi connectivity index (χ1v) is 2.87. The van der Waals surface area contributed by atoms with Gasteiger partial charge in [0.25, 0.3) is 0 Å². The average Bonchev–Trinajstić information content (AvgIpc) is 1.82. The van der Waals surface area contributed by atoms with Crippen molar-refractivity contribution in [3.8, 4) is 0 Å². The quantitative estimate of drug-likeness (QED) is 0.582. The van der Waals surface area contributed by atoms with Crippen molar-refractivity contribution in [3.05, 3.63) is 0 Å². The Hall–Kier alpha value is -0.490. The highest BCUT2D eigenvalue weighted by Crippen LogP contribution is 2.22. The molecule has 0 aliphatic rings. The summed E-state index contributed by atoms with van der Waals surface area (Å²) in [7, 11) is 0. The molecule has 0 saturated carbocycles. The molecular formula is C4H4ClF3NO2-. The van der Waals surface area contributed by atoms with Gasteiger partial charge in [-0.2, -0.15) is 13.2 Å². The van der Waals surface area contributed by atoms with Crippen molar-refractivity contribution < 1.29 is 23.1 Å². The van der Waals surface area contributed by atoms with Crippen molar-refractivity contribution in [1.29, 1.82) is 0 Å². The standard InChI is InChI=1S/C4H5ClF3NO2/c5-1(3(10)11)2(9)4(6,7)8/h1-2H,9H2,(H,10,11)/p-1/t1-,2+/m1/s1. The summed E-state index contributed by atoms with van der Waals surface area (Å²) in [5.41, 5.74) is 4.42. The van der Waals surface area contributed by atoms with E-state index in [1.807, 2.05) is 0 Å². The third kappa shape index (κ3) is 2.94. The van der Waals surface area contributed by atoms with E-state index in [9.17, 15) is 23.1 Å². The maximum absolute atomic E-state index is 11.6. The normalized spacial score (nSPS) is 17.5. The minimum absolute atomic E-state index is 2.03. The largest absolute Gasteiger partial charge is 0.548 e. The zero-order chi connectivity index (χ0) is 9.23. The minimum atomic E-state index is -4.81. The number of alkyl halides is 4. The number of hydrogen-bond acceptors (Lipinski definition) is 3. The first-order chi connectivity index (χ1) is 4.76. The van der Waals surface area contributed by atoms with Crippen LogP contribution in [0.5, 0.6) is 0 Å². The summed E-state index contributed by atoms with van der Waals surface area (Å²) in [6.45, 7) is 0. The van der Waals surface area contributed by atoms with Gasteiger partial charge in [0, 0.05) is 0 Å². The Bertz CT molecular complexity index is 160. The van der Waals surface area contributed by atoms with Crippen LogP contribution in [0.25, 0.3) is 0 Å². The van der Waals surface area contributed by atoms with Crippen LogP contribution in [0.15, 0.2) is 0 Å². The zero-order valence-electron chi connectivity index (χ0n) is 5.06. The molecule has 0 aromatic rings. The van der Waals surface area contributed by atoms with Crippen LogP contribution in [0, 0.1) is 0 Å². The molecule has 0 fully saturated rings. The molecule has 0 aliphatic carbocycles. The second-order valence-corrected chi connectivity index (χ2v) is 2.26. The van der Waals surface area contributed by atoms with E-state index < -0.39 is 23.6 Å². The van der Waals surface area contributed by atoms with Gasteiger partial charge in [-0.25, -0.2) is 0 Å². The lowest BCUT2D eigenvalue weighted by Crippen LogP contribution is -2.51. The molecule has 0 heterocycles. The van der Waals surface area contributed by atoms with Gasteiger partial charge in [0.1, 0.15) is 6.04 Å². The van der Waals surface area contributed by atoms with Gasteiger partial charge in [-0.3, -0.25) is 0 Å². The van der Waals surface area contributed by atoms with Crippen LogP contribution in [0.2, 0.25) is 0 Å². The summed E-state index contributed by atoms with van der Waals surface area (Å²) in [5, 5.41) is 7.52. The summed E-state index contributed by atoms with van der Waals surface area (Å²) >= 11 is 4.74. The third-order valence-corrected chi connectivity index (χ3v) is 1.37. The van der Waals surface area contributed by atoms with Crippen molar-refractivity contribution in [1.82, 2.24) is 0 Å². The highest BCUT2D eigenvalue weighted by Gasteiger charge is 2.41. The van der Waals surface area contributed by atoms with Crippen LogP contribution >= 0.6 is 11.6 Å². The lowest BCUT2D eigenvalue weighted by Gasteiger charge is -2.20. The Balaban J connectivity index is 4.25. The van der Waals surface area contributed by atoms with E-state index in [4.69, 9.17) is 11.6 Å². The summed E-state index contributed by atoms with van der Waals surface area (Å²) in [6.07, 6.45) is -4.81. The van der Waals surface area contributed by atoms with Crippen molar-refractivity contribution in [2.24, 2.45) is 5.73 Å². The van der Waals surface area contributed by atoms with Gasteiger partial charge >= 0.3 is 6.18 Å². The zero-order valence-corrected chi connectivity index (χ0v) is 5.82. The molecule has 0 radical (unpaired) electrons. The van der Waals surface area contributed by atoms with Gasteiger partial charge in [-0.05, 0) is 0 Å². The maximum Gasteiger partial charge on any atom is 0.405 e. The topological polar surface area (TPSA) is 66.2 Å². The van der Waals surface area contributed by atoms with Crippen LogP contribution in [0.4, 0.5) is 13.2 Å². The second-order valence-electron chi connectivity index (χ2n) is 1.79. The Morgan fingerprint density at radius 2 is 1.91 bits per heavy atom. The van der Waals surface area contributed by atoms with E-state index in [1.54, 1.807) is 0 Å². The van der Waals surface area contributed by atoms with Gasteiger partial charge < -0.3 is 15.6 Å². The molecule has 2 N–H and O–H groups in total. The van der Waals surface area contributed by atoms with Crippen LogP contribution in [-0.2, 0) is 4.79 Å². The molecule has 0 aliphatic heterocycles. The van der Waals surface area contributed by atoms with Gasteiger partial charge in [0.05, 0.1) is 11.3 Å². The predicted molar refractivity (Wildman–Crippen MR) is 28.7 cm³/mol. The van der Waals surface area contributed by atoms with E-state index in [0.29, 0.717) is 0 Å². The van der Waals surface area contributed by atoms with Crippen LogP contribution in [-0.4, -0.2) is 23.6 Å². The fraction of sp³-hybridized carbons (Fsp3) is 0.750. The summed E-state index contributed by atoms with van der Waals surface area (Å²) in [5.74, 6) is -2.03. The molecule has 7 heteroatoms. The number of aliphatic carboxylic acids is 1. The minimum Gasteiger partial charge on any atom is -0.548 e. The Kier molecular flexibility index (Phi) is 3.13. The fourth-order valence-corrected chi connectivity index (χ4v) is 0.455. The molecule has 0 spiro atoms. The first-order valence-electron chi connectivity index (χ1n) is 2.44. The summed E-state index contributed by atoms with van der Waals surface area (Å²) < 4.78 is 34.7. The monoisotopic (exact) mass is 190 g/mol. The lowest BCUT2D eigenvalue weighted by atomic mass is 10.2. The van der Waals surface area contributed by atoms with Crippen molar-refractivity contribution in [2.75, 3.05) is 0 Å². The molecule has 3 nitrogen and oxygen atoms in total. The third-order valence-electron chi connectivity index (χ3n) is 0.918. The molecule has 0 aromatic carbocycles. The number of carboxylic acids is 1. The highest BCUT2D eigenvalue weighted by atomic mass is 35.5. The average molecular weight is 191 g/mol. The van der Waals surface area contributed by atoms with Gasteiger partial charge in [0.2, 0.25) is 0 Å². The second kappa shape index (κ2) is 3.27. The van der Waals surface area contributed by atoms with Gasteiger partial charge in [0.15, 0.2) is 0 Å². The molecule has 66 valence electrons. The predicted octanol–water partition coefficient (Wildman–Crippen LogP) is -0.767. The smallest absolute Gasteiger partial charge is 0.405 e. The molecule has 0 saturated heterocycles. The molecule has 0 bridgehead atoms. The van der Waals surface area contributed by atoms with E-state index in [0.717, 1.165) is 0 Å². The summed E-state index contributed by atoms with van der Waals surface area (Å²) in [6, 6.07) is -2.59. The van der Waals surface area contributed by atoms with Crippen LogP contribution in [0.3, 0.4) is 0 Å². The number of hydrogen-bond donors (Lipinski definition) is 1. The van der Waals surface area contributed by atoms with Crippen LogP contribution < -0.4 is 10.8 Å². The van der Waals surface area contributed by atoms with Gasteiger partial charge in [-0.1, -0.05) is 0 Å². The van der Waals surface area contributed by atoms with Gasteiger partial charge in [-0.15, -0.1) is 11.6 Å². The Labute approximate surface area is 64.9 Å².